The average molecular weight is 1540 g/mol. The Morgan fingerprint density at radius 3 is 0.648 bits per heavy atom. The fourth-order valence-corrected chi connectivity index (χ4v) is 15.0. The van der Waals surface area contributed by atoms with Crippen molar-refractivity contribution in [1.29, 1.82) is 0 Å². The van der Waals surface area contributed by atoms with Crippen LogP contribution in [0.3, 0.4) is 0 Å². The molecule has 2 unspecified atom stereocenters. The van der Waals surface area contributed by atoms with Gasteiger partial charge in [-0.15, -0.1) is 0 Å². The molecule has 0 aromatic carbocycles. The summed E-state index contributed by atoms with van der Waals surface area (Å²) in [5, 5.41) is 10.7. The molecule has 105 heavy (non-hydrogen) atoms. The van der Waals surface area contributed by atoms with Crippen LogP contribution in [0.5, 0.6) is 0 Å². The van der Waals surface area contributed by atoms with E-state index < -0.39 is 97.5 Å². The van der Waals surface area contributed by atoms with Gasteiger partial charge in [-0.3, -0.25) is 37.3 Å². The molecule has 0 radical (unpaired) electrons. The zero-order chi connectivity index (χ0) is 77.1. The van der Waals surface area contributed by atoms with Crippen LogP contribution in [0, 0.1) is 11.8 Å². The van der Waals surface area contributed by atoms with Crippen molar-refractivity contribution < 1.29 is 80.2 Å². The van der Waals surface area contributed by atoms with E-state index in [0.29, 0.717) is 25.7 Å². The fourth-order valence-electron chi connectivity index (χ4n) is 13.4. The number of phosphoric ester groups is 2. The Morgan fingerprint density at radius 1 is 0.257 bits per heavy atom. The lowest BCUT2D eigenvalue weighted by molar-refractivity contribution is -0.161. The van der Waals surface area contributed by atoms with E-state index >= 15 is 0 Å². The molecule has 0 fully saturated rings. The molecule has 5 atom stereocenters. The maximum Gasteiger partial charge on any atom is 0.472 e. The smallest absolute Gasteiger partial charge is 0.462 e. The zero-order valence-corrected chi connectivity index (χ0v) is 70.8. The molecule has 0 aliphatic heterocycles. The standard InChI is InChI=1S/C86H168O17P2/c1-7-9-11-13-15-17-19-20-21-22-23-24-25-26-27-28-35-40-46-52-58-64-70-85(90)103-82(75-97-84(89)69-63-57-51-45-39-34-30-29-32-37-42-48-54-60-66-78(3)4)77-101-105(94,95)99-73-80(87)72-98-104(92,93)100-76-81(74-96-83(88)68-62-56-50-44-18-16-14-12-10-8-2)102-86(91)71-65-59-53-47-41-36-31-33-38-43-49-55-61-67-79(5)6/h78-82,87H,7-77H2,1-6H3,(H,92,93)(H,94,95)/t80-,81+,82+/m0/s1. The summed E-state index contributed by atoms with van der Waals surface area (Å²) < 4.78 is 68.9. The minimum absolute atomic E-state index is 0.108. The van der Waals surface area contributed by atoms with Crippen molar-refractivity contribution in [1.82, 2.24) is 0 Å². The van der Waals surface area contributed by atoms with Gasteiger partial charge in [-0.05, 0) is 37.5 Å². The Kier molecular flexibility index (Phi) is 76.0. The zero-order valence-electron chi connectivity index (χ0n) is 69.0. The number of hydrogen-bond acceptors (Lipinski definition) is 15. The number of ether oxygens (including phenoxy) is 4. The van der Waals surface area contributed by atoms with E-state index in [1.54, 1.807) is 0 Å². The summed E-state index contributed by atoms with van der Waals surface area (Å²) in [5.74, 6) is -0.517. The molecule has 0 aromatic rings. The van der Waals surface area contributed by atoms with Crippen molar-refractivity contribution in [2.45, 2.75) is 477 Å². The van der Waals surface area contributed by atoms with Crippen LogP contribution in [0.1, 0.15) is 459 Å². The van der Waals surface area contributed by atoms with Gasteiger partial charge in [0.2, 0.25) is 0 Å². The first kappa shape index (κ1) is 103. The second-order valence-corrected chi connectivity index (χ2v) is 34.8. The average Bonchev–Trinajstić information content (AvgIpc) is 0.918. The minimum Gasteiger partial charge on any atom is -0.462 e. The molecule has 0 spiro atoms. The van der Waals surface area contributed by atoms with Gasteiger partial charge in [0, 0.05) is 25.7 Å². The summed E-state index contributed by atoms with van der Waals surface area (Å²) in [6.45, 7) is 9.70. The van der Waals surface area contributed by atoms with E-state index in [9.17, 15) is 43.2 Å². The first-order valence-corrected chi connectivity index (χ1v) is 47.5. The highest BCUT2D eigenvalue weighted by Crippen LogP contribution is 2.45. The number of phosphoric acid groups is 2. The lowest BCUT2D eigenvalue weighted by Crippen LogP contribution is -2.30. The van der Waals surface area contributed by atoms with E-state index in [2.05, 4.69) is 41.5 Å². The van der Waals surface area contributed by atoms with Crippen LogP contribution in [0.2, 0.25) is 0 Å². The molecule has 19 heteroatoms. The number of aliphatic hydroxyl groups excluding tert-OH is 1. The summed E-state index contributed by atoms with van der Waals surface area (Å²) >= 11 is 0. The summed E-state index contributed by atoms with van der Waals surface area (Å²) in [4.78, 5) is 73.2. The molecule has 0 bridgehead atoms. The van der Waals surface area contributed by atoms with Gasteiger partial charge in [-0.2, -0.15) is 0 Å². The van der Waals surface area contributed by atoms with E-state index in [1.165, 1.54) is 276 Å². The number of carbonyl (C=O) groups is 4. The molecule has 0 aromatic heterocycles. The molecule has 0 aliphatic rings. The van der Waals surface area contributed by atoms with E-state index in [1.807, 2.05) is 0 Å². The molecule has 3 N–H and O–H groups in total. The van der Waals surface area contributed by atoms with Crippen LogP contribution >= 0.6 is 15.6 Å². The predicted octanol–water partition coefficient (Wildman–Crippen LogP) is 26.2. The molecule has 0 saturated heterocycles. The fraction of sp³-hybridized carbons (Fsp3) is 0.953. The highest BCUT2D eigenvalue weighted by atomic mass is 31.2. The lowest BCUT2D eigenvalue weighted by atomic mass is 10.0. The predicted molar refractivity (Wildman–Crippen MR) is 432 cm³/mol. The molecule has 0 rings (SSSR count). The van der Waals surface area contributed by atoms with Gasteiger partial charge >= 0.3 is 39.5 Å². The minimum atomic E-state index is -4.97. The number of hydrogen-bond donors (Lipinski definition) is 3. The van der Waals surface area contributed by atoms with Crippen LogP contribution in [-0.4, -0.2) is 96.7 Å². The Hall–Kier alpha value is -1.94. The normalized spacial score (nSPS) is 13.8. The van der Waals surface area contributed by atoms with E-state index in [4.69, 9.17) is 37.0 Å². The number of aliphatic hydroxyl groups is 1. The van der Waals surface area contributed by atoms with Crippen molar-refractivity contribution in [3.8, 4) is 0 Å². The maximum absolute atomic E-state index is 13.1. The first-order valence-electron chi connectivity index (χ1n) is 44.5. The van der Waals surface area contributed by atoms with Crippen LogP contribution in [0.4, 0.5) is 0 Å². The Balaban J connectivity index is 5.22. The molecule has 17 nitrogen and oxygen atoms in total. The van der Waals surface area contributed by atoms with Crippen molar-refractivity contribution in [2.24, 2.45) is 11.8 Å². The third-order valence-corrected chi connectivity index (χ3v) is 22.1. The second kappa shape index (κ2) is 77.4. The van der Waals surface area contributed by atoms with Gasteiger partial charge in [0.05, 0.1) is 26.4 Å². The summed E-state index contributed by atoms with van der Waals surface area (Å²) in [6.07, 6.45) is 69.5. The first-order chi connectivity index (χ1) is 50.9. The molecule has 0 saturated carbocycles. The summed E-state index contributed by atoms with van der Waals surface area (Å²) in [7, 11) is -9.93. The largest absolute Gasteiger partial charge is 0.472 e. The maximum atomic E-state index is 13.1. The van der Waals surface area contributed by atoms with Gasteiger partial charge in [-0.25, -0.2) is 9.13 Å². The van der Waals surface area contributed by atoms with Crippen molar-refractivity contribution in [2.75, 3.05) is 39.6 Å². The molecular weight excluding hydrogens is 1370 g/mol. The Labute approximate surface area is 645 Å². The van der Waals surface area contributed by atoms with E-state index in [-0.39, 0.29) is 25.7 Å². The van der Waals surface area contributed by atoms with E-state index in [0.717, 1.165) is 102 Å². The van der Waals surface area contributed by atoms with Gasteiger partial charge in [0.15, 0.2) is 12.2 Å². The van der Waals surface area contributed by atoms with Crippen molar-refractivity contribution in [3.63, 3.8) is 0 Å². The third-order valence-electron chi connectivity index (χ3n) is 20.2. The Bertz CT molecular complexity index is 2010. The van der Waals surface area contributed by atoms with Gasteiger partial charge in [0.1, 0.15) is 19.3 Å². The lowest BCUT2D eigenvalue weighted by Gasteiger charge is -2.21. The van der Waals surface area contributed by atoms with Gasteiger partial charge in [-0.1, -0.05) is 408 Å². The van der Waals surface area contributed by atoms with Gasteiger partial charge in [0.25, 0.3) is 0 Å². The highest BCUT2D eigenvalue weighted by molar-refractivity contribution is 7.47. The van der Waals surface area contributed by atoms with Gasteiger partial charge < -0.3 is 33.8 Å². The molecule has 0 amide bonds. The van der Waals surface area contributed by atoms with Crippen molar-refractivity contribution >= 4 is 39.5 Å². The van der Waals surface area contributed by atoms with Crippen LogP contribution in [-0.2, 0) is 65.4 Å². The number of esters is 4. The summed E-state index contributed by atoms with van der Waals surface area (Å²) in [6, 6.07) is 0. The number of rotatable bonds is 85. The van der Waals surface area contributed by atoms with Crippen LogP contribution < -0.4 is 0 Å². The molecular formula is C86H168O17P2. The molecule has 0 aliphatic carbocycles. The summed E-state index contributed by atoms with van der Waals surface area (Å²) in [5.41, 5.74) is 0. The topological polar surface area (TPSA) is 237 Å². The van der Waals surface area contributed by atoms with Crippen LogP contribution in [0.15, 0.2) is 0 Å². The Morgan fingerprint density at radius 2 is 0.438 bits per heavy atom. The van der Waals surface area contributed by atoms with Crippen molar-refractivity contribution in [3.05, 3.63) is 0 Å². The SMILES string of the molecule is CCCCCCCCCCCCCCCCCCCCCCCCC(=O)O[C@H](COC(=O)CCCCCCCCCCCCCCCCC(C)C)COP(=O)(O)OC[C@@H](O)COP(=O)(O)OC[C@@H](COC(=O)CCCCCCCCCCCC)OC(=O)CCCCCCCCCCCCCCCC(C)C. The monoisotopic (exact) mass is 1540 g/mol. The molecule has 0 heterocycles. The number of carbonyl (C=O) groups excluding carboxylic acids is 4. The second-order valence-electron chi connectivity index (χ2n) is 31.9. The third kappa shape index (κ3) is 79.9. The number of unbranched alkanes of at least 4 members (excludes halogenated alkanes) is 55. The van der Waals surface area contributed by atoms with Crippen LogP contribution in [0.25, 0.3) is 0 Å². The molecule has 624 valence electrons. The quantitative estimate of drug-likeness (QED) is 0.0222. The highest BCUT2D eigenvalue weighted by Gasteiger charge is 2.30.